The van der Waals surface area contributed by atoms with Gasteiger partial charge in [-0.3, -0.25) is 4.84 Å². The zero-order valence-corrected chi connectivity index (χ0v) is 18.5. The summed E-state index contributed by atoms with van der Waals surface area (Å²) in [6.45, 7) is 0.130. The van der Waals surface area contributed by atoms with Crippen LogP contribution in [-0.2, 0) is 14.9 Å². The highest BCUT2D eigenvalue weighted by Gasteiger charge is 2.44. The van der Waals surface area contributed by atoms with Crippen LogP contribution >= 0.6 is 11.6 Å². The van der Waals surface area contributed by atoms with E-state index in [9.17, 15) is 8.42 Å². The topological polar surface area (TPSA) is 67.9 Å². The average Bonchev–Trinajstić information content (AvgIpc) is 3.13. The highest BCUT2D eigenvalue weighted by Crippen LogP contribution is 2.36. The number of ether oxygens (including phenoxy) is 1. The van der Waals surface area contributed by atoms with E-state index < -0.39 is 21.3 Å². The minimum atomic E-state index is -3.54. The smallest absolute Gasteiger partial charge is 0.219 e. The van der Waals surface area contributed by atoms with Gasteiger partial charge in [0.1, 0.15) is 16.7 Å². The largest absolute Gasteiger partial charge is 0.457 e. The number of nitrogens with one attached hydrogen (secondary N) is 1. The van der Waals surface area contributed by atoms with Gasteiger partial charge in [0, 0.05) is 18.1 Å². The highest BCUT2D eigenvalue weighted by molar-refractivity contribution is 7.90. The fourth-order valence-corrected chi connectivity index (χ4v) is 6.13. The fourth-order valence-electron chi connectivity index (χ4n) is 4.22. The maximum absolute atomic E-state index is 13.2. The van der Waals surface area contributed by atoms with Crippen LogP contribution in [0.4, 0.5) is 0 Å². The Kier molecular flexibility index (Phi) is 6.65. The van der Waals surface area contributed by atoms with E-state index in [1.165, 1.54) is 6.42 Å². The summed E-state index contributed by atoms with van der Waals surface area (Å²) in [5.74, 6) is 1.29. The number of halogens is 1. The van der Waals surface area contributed by atoms with Crippen LogP contribution in [0.5, 0.6) is 11.5 Å². The van der Waals surface area contributed by atoms with E-state index in [4.69, 9.17) is 21.2 Å². The van der Waals surface area contributed by atoms with E-state index in [2.05, 4.69) is 4.72 Å². The van der Waals surface area contributed by atoms with E-state index in [1.807, 2.05) is 24.3 Å². The van der Waals surface area contributed by atoms with Gasteiger partial charge in [0.25, 0.3) is 0 Å². The van der Waals surface area contributed by atoms with Crippen LogP contribution in [0.15, 0.2) is 48.5 Å². The summed E-state index contributed by atoms with van der Waals surface area (Å²) < 4.78 is 35.2. The number of hydroxylamine groups is 2. The molecule has 6 nitrogen and oxygen atoms in total. The summed E-state index contributed by atoms with van der Waals surface area (Å²) in [7, 11) is -1.77. The Morgan fingerprint density at radius 1 is 1.07 bits per heavy atom. The molecule has 4 rings (SSSR count). The lowest BCUT2D eigenvalue weighted by Crippen LogP contribution is -2.44. The van der Waals surface area contributed by atoms with Crippen molar-refractivity contribution in [1.29, 1.82) is 0 Å². The van der Waals surface area contributed by atoms with Crippen LogP contribution in [0, 0.1) is 0 Å². The highest BCUT2D eigenvalue weighted by atomic mass is 35.5. The summed E-state index contributed by atoms with van der Waals surface area (Å²) in [6, 6.07) is 14.2. The van der Waals surface area contributed by atoms with Gasteiger partial charge in [0.05, 0.1) is 12.6 Å². The van der Waals surface area contributed by atoms with Gasteiger partial charge >= 0.3 is 0 Å². The van der Waals surface area contributed by atoms with E-state index in [1.54, 1.807) is 36.4 Å². The van der Waals surface area contributed by atoms with Crippen molar-refractivity contribution in [3.8, 4) is 11.5 Å². The number of rotatable bonds is 6. The Morgan fingerprint density at radius 3 is 2.53 bits per heavy atom. The Hall–Kier alpha value is -1.64. The third-order valence-corrected chi connectivity index (χ3v) is 7.87. The quantitative estimate of drug-likeness (QED) is 0.692. The minimum Gasteiger partial charge on any atom is -0.457 e. The number of benzene rings is 2. The fraction of sp³-hybridized carbons (Fsp3) is 0.455. The predicted octanol–water partition coefficient (Wildman–Crippen LogP) is 4.67. The summed E-state index contributed by atoms with van der Waals surface area (Å²) >= 11 is 5.93. The molecule has 2 atom stereocenters. The molecular formula is C22H27ClN2O4S. The van der Waals surface area contributed by atoms with Crippen LogP contribution in [0.2, 0.25) is 5.02 Å². The lowest BCUT2D eigenvalue weighted by Gasteiger charge is -2.27. The van der Waals surface area contributed by atoms with Crippen molar-refractivity contribution in [2.24, 2.45) is 0 Å². The van der Waals surface area contributed by atoms with E-state index in [0.717, 1.165) is 31.2 Å². The number of hydrogen-bond donors (Lipinski definition) is 1. The van der Waals surface area contributed by atoms with Gasteiger partial charge in [-0.05, 0) is 54.8 Å². The molecule has 30 heavy (non-hydrogen) atoms. The molecule has 1 aliphatic heterocycles. The van der Waals surface area contributed by atoms with Gasteiger partial charge in [0.2, 0.25) is 10.0 Å². The van der Waals surface area contributed by atoms with Crippen LogP contribution in [0.1, 0.15) is 43.7 Å². The normalized spacial score (nSPS) is 23.5. The first kappa shape index (κ1) is 21.6. The molecule has 8 heteroatoms. The SMILES string of the molecule is CN1OC[C@H](S(=O)(=O)NC2CCCCC2)[C@H]1c1cccc(Oc2ccc(Cl)cc2)c1. The van der Waals surface area contributed by atoms with Gasteiger partial charge < -0.3 is 4.74 Å². The maximum Gasteiger partial charge on any atom is 0.219 e. The van der Waals surface area contributed by atoms with Gasteiger partial charge in [0.15, 0.2) is 0 Å². The lowest BCUT2D eigenvalue weighted by molar-refractivity contribution is -0.110. The zero-order valence-electron chi connectivity index (χ0n) is 17.0. The van der Waals surface area contributed by atoms with E-state index in [-0.39, 0.29) is 12.6 Å². The molecule has 2 aromatic carbocycles. The van der Waals surface area contributed by atoms with E-state index in [0.29, 0.717) is 16.5 Å². The average molecular weight is 451 g/mol. The van der Waals surface area contributed by atoms with Crippen LogP contribution in [0.3, 0.4) is 0 Å². The van der Waals surface area contributed by atoms with Crippen molar-refractivity contribution >= 4 is 21.6 Å². The van der Waals surface area contributed by atoms with Crippen molar-refractivity contribution in [2.45, 2.75) is 49.4 Å². The Morgan fingerprint density at radius 2 is 1.80 bits per heavy atom. The molecule has 0 bridgehead atoms. The van der Waals surface area contributed by atoms with Gasteiger partial charge in [-0.15, -0.1) is 0 Å². The van der Waals surface area contributed by atoms with Crippen LogP contribution in [-0.4, -0.2) is 38.4 Å². The summed E-state index contributed by atoms with van der Waals surface area (Å²) in [6.07, 6.45) is 5.12. The molecule has 1 N–H and O–H groups in total. The number of sulfonamides is 1. The second-order valence-corrected chi connectivity index (χ2v) is 10.3. The van der Waals surface area contributed by atoms with Gasteiger partial charge in [-0.25, -0.2) is 13.1 Å². The Labute approximate surface area is 183 Å². The second kappa shape index (κ2) is 9.24. The Balaban J connectivity index is 1.54. The molecule has 0 amide bonds. The molecule has 0 aromatic heterocycles. The molecular weight excluding hydrogens is 424 g/mol. The molecule has 2 fully saturated rings. The zero-order chi connectivity index (χ0) is 21.1. The van der Waals surface area contributed by atoms with Crippen molar-refractivity contribution in [3.05, 3.63) is 59.1 Å². The number of hydrogen-bond acceptors (Lipinski definition) is 5. The standard InChI is InChI=1S/C22H27ClN2O4S/c1-25-22(21(15-28-25)30(26,27)24-18-7-3-2-4-8-18)16-6-5-9-20(14-16)29-19-12-10-17(23)11-13-19/h5-6,9-14,18,21-22,24H,2-4,7-8,15H2,1H3/t21-,22+/m0/s1. The molecule has 2 aromatic rings. The molecule has 0 spiro atoms. The molecule has 1 heterocycles. The molecule has 1 saturated carbocycles. The minimum absolute atomic E-state index is 0.0230. The number of nitrogens with zero attached hydrogens (tertiary/aromatic N) is 1. The summed E-state index contributed by atoms with van der Waals surface area (Å²) in [5.41, 5.74) is 0.834. The molecule has 162 valence electrons. The van der Waals surface area contributed by atoms with Crippen molar-refractivity contribution in [1.82, 2.24) is 9.79 Å². The van der Waals surface area contributed by atoms with Crippen molar-refractivity contribution in [2.75, 3.05) is 13.7 Å². The summed E-state index contributed by atoms with van der Waals surface area (Å²) in [4.78, 5) is 5.64. The van der Waals surface area contributed by atoms with Gasteiger partial charge in [-0.1, -0.05) is 43.0 Å². The van der Waals surface area contributed by atoms with Crippen molar-refractivity contribution < 1.29 is 18.0 Å². The van der Waals surface area contributed by atoms with Crippen molar-refractivity contribution in [3.63, 3.8) is 0 Å². The molecule has 0 unspecified atom stereocenters. The molecule has 1 saturated heterocycles. The molecule has 1 aliphatic carbocycles. The summed E-state index contributed by atoms with van der Waals surface area (Å²) in [5, 5.41) is 1.58. The monoisotopic (exact) mass is 450 g/mol. The third kappa shape index (κ3) is 4.98. The van der Waals surface area contributed by atoms with E-state index >= 15 is 0 Å². The molecule has 2 aliphatic rings. The first-order valence-corrected chi connectivity index (χ1v) is 12.2. The molecule has 0 radical (unpaired) electrons. The Bertz CT molecular complexity index is 961. The first-order chi connectivity index (χ1) is 14.4. The third-order valence-electron chi connectivity index (χ3n) is 5.77. The second-order valence-electron chi connectivity index (χ2n) is 7.95. The maximum atomic E-state index is 13.2. The van der Waals surface area contributed by atoms with Crippen LogP contribution in [0.25, 0.3) is 0 Å². The van der Waals surface area contributed by atoms with Gasteiger partial charge in [-0.2, -0.15) is 5.06 Å². The van der Waals surface area contributed by atoms with Crippen LogP contribution < -0.4 is 9.46 Å². The predicted molar refractivity (Wildman–Crippen MR) is 117 cm³/mol. The first-order valence-electron chi connectivity index (χ1n) is 10.3. The lowest BCUT2D eigenvalue weighted by atomic mass is 9.96.